The fourth-order valence-corrected chi connectivity index (χ4v) is 3.10. The van der Waals surface area contributed by atoms with Gasteiger partial charge in [0.2, 0.25) is 5.89 Å². The zero-order chi connectivity index (χ0) is 15.6. The third-order valence-corrected chi connectivity index (χ3v) is 4.46. The number of hydrogen-bond acceptors (Lipinski definition) is 5. The van der Waals surface area contributed by atoms with Gasteiger partial charge in [0.15, 0.2) is 5.82 Å². The van der Waals surface area contributed by atoms with Crippen LogP contribution in [0.25, 0.3) is 0 Å². The Balaban J connectivity index is 1.81. The van der Waals surface area contributed by atoms with Crippen molar-refractivity contribution < 1.29 is 4.52 Å². The Morgan fingerprint density at radius 1 is 1.36 bits per heavy atom. The average molecular weight is 302 g/mol. The largest absolute Gasteiger partial charge is 0.340 e. The first-order valence-corrected chi connectivity index (χ1v) is 7.80. The minimum atomic E-state index is -0.239. The summed E-state index contributed by atoms with van der Waals surface area (Å²) in [4.78, 5) is 16.2. The quantitative estimate of drug-likeness (QED) is 0.935. The number of aryl methyl sites for hydroxylation is 2. The van der Waals surface area contributed by atoms with Crippen LogP contribution in [0.1, 0.15) is 49.4 Å². The van der Waals surface area contributed by atoms with Crippen molar-refractivity contribution in [1.82, 2.24) is 20.0 Å². The van der Waals surface area contributed by atoms with E-state index in [-0.39, 0.29) is 11.1 Å². The van der Waals surface area contributed by atoms with Gasteiger partial charge in [-0.25, -0.2) is 0 Å². The van der Waals surface area contributed by atoms with Crippen molar-refractivity contribution in [3.8, 4) is 0 Å². The van der Waals surface area contributed by atoms with Crippen LogP contribution in [-0.4, -0.2) is 14.7 Å². The number of aromatic nitrogens is 3. The summed E-state index contributed by atoms with van der Waals surface area (Å²) >= 11 is 0. The van der Waals surface area contributed by atoms with Gasteiger partial charge >= 0.3 is 0 Å². The van der Waals surface area contributed by atoms with Crippen LogP contribution >= 0.6 is 0 Å². The van der Waals surface area contributed by atoms with Crippen LogP contribution in [0.2, 0.25) is 0 Å². The molecule has 2 aromatic heterocycles. The Morgan fingerprint density at radius 2 is 2.14 bits per heavy atom. The molecule has 3 rings (SSSR count). The van der Waals surface area contributed by atoms with Crippen LogP contribution in [0, 0.1) is 6.92 Å². The third-order valence-electron chi connectivity index (χ3n) is 4.46. The molecule has 1 saturated carbocycles. The van der Waals surface area contributed by atoms with E-state index in [4.69, 9.17) is 4.52 Å². The van der Waals surface area contributed by atoms with Gasteiger partial charge in [-0.2, -0.15) is 4.98 Å². The monoisotopic (exact) mass is 302 g/mol. The van der Waals surface area contributed by atoms with Gasteiger partial charge < -0.3 is 14.4 Å². The Bertz CT molecular complexity index is 698. The molecule has 2 heterocycles. The maximum Gasteiger partial charge on any atom is 0.250 e. The van der Waals surface area contributed by atoms with E-state index in [0.717, 1.165) is 37.1 Å². The predicted octanol–water partition coefficient (Wildman–Crippen LogP) is 2.03. The van der Waals surface area contributed by atoms with Crippen LogP contribution in [0.4, 0.5) is 0 Å². The fraction of sp³-hybridized carbons (Fsp3) is 0.562. The molecule has 0 saturated heterocycles. The second-order valence-electron chi connectivity index (χ2n) is 6.12. The molecule has 22 heavy (non-hydrogen) atoms. The highest BCUT2D eigenvalue weighted by atomic mass is 16.5. The van der Waals surface area contributed by atoms with Crippen LogP contribution in [0.3, 0.4) is 0 Å². The second kappa shape index (κ2) is 6.04. The smallest absolute Gasteiger partial charge is 0.250 e. The van der Waals surface area contributed by atoms with Crippen LogP contribution < -0.4 is 10.9 Å². The first-order chi connectivity index (χ1) is 10.6. The van der Waals surface area contributed by atoms with Gasteiger partial charge in [-0.3, -0.25) is 4.79 Å². The average Bonchev–Trinajstić information content (AvgIpc) is 2.97. The highest BCUT2D eigenvalue weighted by Gasteiger charge is 2.37. The van der Waals surface area contributed by atoms with Crippen LogP contribution in [0.5, 0.6) is 0 Å². The Hall–Kier alpha value is -1.95. The molecule has 0 spiro atoms. The molecule has 118 valence electrons. The summed E-state index contributed by atoms with van der Waals surface area (Å²) in [5.74, 6) is 1.34. The lowest BCUT2D eigenvalue weighted by Crippen LogP contribution is -2.44. The topological polar surface area (TPSA) is 73.0 Å². The summed E-state index contributed by atoms with van der Waals surface area (Å²) in [6.07, 6.45) is 7.33. The van der Waals surface area contributed by atoms with Crippen molar-refractivity contribution in [1.29, 1.82) is 0 Å². The lowest BCUT2D eigenvalue weighted by Gasteiger charge is -2.35. The molecule has 6 nitrogen and oxygen atoms in total. The van der Waals surface area contributed by atoms with Gasteiger partial charge in [-0.15, -0.1) is 0 Å². The molecule has 1 N–H and O–H groups in total. The zero-order valence-electron chi connectivity index (χ0n) is 13.1. The summed E-state index contributed by atoms with van der Waals surface area (Å²) in [6.45, 7) is 2.44. The fourth-order valence-electron chi connectivity index (χ4n) is 3.10. The van der Waals surface area contributed by atoms with Gasteiger partial charge in [0.05, 0.1) is 5.54 Å². The summed E-state index contributed by atoms with van der Waals surface area (Å²) in [5, 5.41) is 7.74. The van der Waals surface area contributed by atoms with Gasteiger partial charge in [0, 0.05) is 32.8 Å². The van der Waals surface area contributed by atoms with Gasteiger partial charge in [-0.1, -0.05) is 24.4 Å². The Morgan fingerprint density at radius 3 is 2.77 bits per heavy atom. The molecule has 0 aromatic carbocycles. The van der Waals surface area contributed by atoms with E-state index in [9.17, 15) is 4.79 Å². The first kappa shape index (κ1) is 15.0. The number of nitrogens with one attached hydrogen (secondary N) is 1. The van der Waals surface area contributed by atoms with E-state index in [1.807, 2.05) is 13.0 Å². The highest BCUT2D eigenvalue weighted by molar-refractivity contribution is 5.13. The molecule has 0 unspecified atom stereocenters. The van der Waals surface area contributed by atoms with E-state index in [2.05, 4.69) is 15.5 Å². The van der Waals surface area contributed by atoms with Crippen molar-refractivity contribution in [3.05, 3.63) is 46.0 Å². The third kappa shape index (κ3) is 2.97. The zero-order valence-corrected chi connectivity index (χ0v) is 13.1. The maximum absolute atomic E-state index is 11.7. The molecule has 1 aliphatic carbocycles. The second-order valence-corrected chi connectivity index (χ2v) is 6.12. The van der Waals surface area contributed by atoms with Crippen LogP contribution in [0.15, 0.2) is 27.6 Å². The molecule has 6 heteroatoms. The van der Waals surface area contributed by atoms with Crippen molar-refractivity contribution in [3.63, 3.8) is 0 Å². The van der Waals surface area contributed by atoms with E-state index < -0.39 is 0 Å². The predicted molar refractivity (Wildman–Crippen MR) is 82.3 cm³/mol. The normalized spacial score (nSPS) is 17.5. The molecular formula is C16H22N4O2. The SMILES string of the molecule is Cc1nc(C2(NCc3ccn(C)c(=O)c3)CCCCC2)no1. The summed E-state index contributed by atoms with van der Waals surface area (Å²) in [6, 6.07) is 3.64. The number of nitrogens with zero attached hydrogens (tertiary/aromatic N) is 3. The number of rotatable bonds is 4. The van der Waals surface area contributed by atoms with Crippen molar-refractivity contribution in [2.75, 3.05) is 0 Å². The van der Waals surface area contributed by atoms with E-state index in [1.54, 1.807) is 23.9 Å². The molecule has 0 aliphatic heterocycles. The lowest BCUT2D eigenvalue weighted by molar-refractivity contribution is 0.211. The maximum atomic E-state index is 11.7. The molecule has 0 atom stereocenters. The number of hydrogen-bond donors (Lipinski definition) is 1. The van der Waals surface area contributed by atoms with Crippen molar-refractivity contribution in [2.24, 2.45) is 7.05 Å². The Kier molecular flexibility index (Phi) is 4.11. The molecule has 2 aromatic rings. The summed E-state index contributed by atoms with van der Waals surface area (Å²) in [7, 11) is 1.75. The van der Waals surface area contributed by atoms with Gasteiger partial charge in [0.25, 0.3) is 5.56 Å². The summed E-state index contributed by atoms with van der Waals surface area (Å²) in [5.41, 5.74) is 0.748. The molecule has 0 radical (unpaired) electrons. The first-order valence-electron chi connectivity index (χ1n) is 7.80. The van der Waals surface area contributed by atoms with E-state index in [0.29, 0.717) is 12.4 Å². The summed E-state index contributed by atoms with van der Waals surface area (Å²) < 4.78 is 6.75. The molecule has 0 amide bonds. The lowest BCUT2D eigenvalue weighted by atomic mass is 9.81. The minimum absolute atomic E-state index is 0.00685. The standard InChI is InChI=1S/C16H22N4O2/c1-12-18-15(19-22-12)16(7-4-3-5-8-16)17-11-13-6-9-20(2)14(21)10-13/h6,9-10,17H,3-5,7-8,11H2,1-2H3. The molecular weight excluding hydrogens is 280 g/mol. The van der Waals surface area contributed by atoms with E-state index >= 15 is 0 Å². The molecule has 0 bridgehead atoms. The van der Waals surface area contributed by atoms with Crippen molar-refractivity contribution >= 4 is 0 Å². The Labute approximate surface area is 129 Å². The highest BCUT2D eigenvalue weighted by Crippen LogP contribution is 2.35. The van der Waals surface area contributed by atoms with Gasteiger partial charge in [0.1, 0.15) is 0 Å². The molecule has 1 fully saturated rings. The van der Waals surface area contributed by atoms with E-state index in [1.165, 1.54) is 6.42 Å². The van der Waals surface area contributed by atoms with Crippen LogP contribution in [-0.2, 0) is 19.1 Å². The minimum Gasteiger partial charge on any atom is -0.340 e. The number of pyridine rings is 1. The molecule has 1 aliphatic rings. The van der Waals surface area contributed by atoms with Crippen molar-refractivity contribution in [2.45, 2.75) is 51.1 Å². The van der Waals surface area contributed by atoms with Gasteiger partial charge in [-0.05, 0) is 24.5 Å².